The van der Waals surface area contributed by atoms with E-state index < -0.39 is 0 Å². The molecule has 0 amide bonds. The highest BCUT2D eigenvalue weighted by Gasteiger charge is 2.13. The van der Waals surface area contributed by atoms with E-state index in [0.29, 0.717) is 6.04 Å². The van der Waals surface area contributed by atoms with Gasteiger partial charge >= 0.3 is 0 Å². The fraction of sp³-hybridized carbons (Fsp3) is 0.538. The van der Waals surface area contributed by atoms with Crippen LogP contribution in [-0.2, 0) is 4.74 Å². The molecule has 1 fully saturated rings. The molecular weight excluding hydrogens is 200 g/mol. The van der Waals surface area contributed by atoms with Crippen LogP contribution in [0.2, 0.25) is 0 Å². The lowest BCUT2D eigenvalue weighted by molar-refractivity contribution is 0.0876. The third-order valence-electron chi connectivity index (χ3n) is 2.89. The highest BCUT2D eigenvalue weighted by atomic mass is 16.5. The van der Waals surface area contributed by atoms with E-state index in [9.17, 15) is 0 Å². The molecule has 1 atom stereocenters. The average Bonchev–Trinajstić information content (AvgIpc) is 2.30. The lowest BCUT2D eigenvalue weighted by Crippen LogP contribution is -2.29. The number of nitrogens with one attached hydrogen (secondary N) is 1. The molecule has 2 rings (SSSR count). The van der Waals surface area contributed by atoms with Crippen LogP contribution in [-0.4, -0.2) is 33.4 Å². The average molecular weight is 220 g/mol. The Morgan fingerprint density at radius 1 is 1.38 bits per heavy atom. The lowest BCUT2D eigenvalue weighted by atomic mass is 10.1. The summed E-state index contributed by atoms with van der Waals surface area (Å²) in [6, 6.07) is 8.95. The van der Waals surface area contributed by atoms with Gasteiger partial charge in [0.1, 0.15) is 0 Å². The number of anilines is 2. The van der Waals surface area contributed by atoms with Crippen molar-refractivity contribution >= 4 is 11.4 Å². The van der Waals surface area contributed by atoms with Crippen molar-refractivity contribution in [2.45, 2.75) is 18.9 Å². The van der Waals surface area contributed by atoms with Gasteiger partial charge in [0.15, 0.2) is 0 Å². The van der Waals surface area contributed by atoms with Crippen molar-refractivity contribution in [1.82, 2.24) is 0 Å². The molecule has 0 saturated carbocycles. The van der Waals surface area contributed by atoms with Crippen LogP contribution in [0.1, 0.15) is 12.8 Å². The summed E-state index contributed by atoms with van der Waals surface area (Å²) in [4.78, 5) is 2.11. The lowest BCUT2D eigenvalue weighted by Gasteiger charge is -2.24. The van der Waals surface area contributed by atoms with Crippen LogP contribution in [0.4, 0.5) is 11.4 Å². The SMILES string of the molecule is CN(C)c1cccc(NC2CCCOC2)c1. The largest absolute Gasteiger partial charge is 0.380 e. The summed E-state index contributed by atoms with van der Waals surface area (Å²) in [6.45, 7) is 1.74. The second kappa shape index (κ2) is 5.21. The van der Waals surface area contributed by atoms with Gasteiger partial charge < -0.3 is 15.0 Å². The van der Waals surface area contributed by atoms with Crippen molar-refractivity contribution in [1.29, 1.82) is 0 Å². The minimum absolute atomic E-state index is 0.464. The maximum Gasteiger partial charge on any atom is 0.0667 e. The van der Waals surface area contributed by atoms with Crippen molar-refractivity contribution in [2.24, 2.45) is 0 Å². The topological polar surface area (TPSA) is 24.5 Å². The zero-order valence-electron chi connectivity index (χ0n) is 10.1. The molecule has 3 heteroatoms. The Balaban J connectivity index is 2.00. The molecule has 1 aliphatic rings. The number of ether oxygens (including phenoxy) is 1. The molecule has 3 nitrogen and oxygen atoms in total. The first kappa shape index (κ1) is 11.3. The van der Waals surface area contributed by atoms with Gasteiger partial charge in [-0.3, -0.25) is 0 Å². The van der Waals surface area contributed by atoms with Gasteiger partial charge in [-0.1, -0.05) is 6.07 Å². The van der Waals surface area contributed by atoms with E-state index in [1.807, 2.05) is 0 Å². The Hall–Kier alpha value is -1.22. The number of rotatable bonds is 3. The highest BCUT2D eigenvalue weighted by Crippen LogP contribution is 2.19. The molecule has 0 bridgehead atoms. The van der Waals surface area contributed by atoms with E-state index in [2.05, 4.69) is 48.6 Å². The standard InChI is InChI=1S/C13H20N2O/c1-15(2)13-7-3-5-11(9-13)14-12-6-4-8-16-10-12/h3,5,7,9,12,14H,4,6,8,10H2,1-2H3. The molecule has 1 aromatic carbocycles. The van der Waals surface area contributed by atoms with Crippen LogP contribution in [0.25, 0.3) is 0 Å². The van der Waals surface area contributed by atoms with Crippen LogP contribution in [0.3, 0.4) is 0 Å². The van der Waals surface area contributed by atoms with Gasteiger partial charge in [0.05, 0.1) is 6.61 Å². The molecular formula is C13H20N2O. The van der Waals surface area contributed by atoms with Crippen molar-refractivity contribution in [2.75, 3.05) is 37.5 Å². The van der Waals surface area contributed by atoms with Gasteiger partial charge in [0, 0.05) is 38.1 Å². The predicted molar refractivity (Wildman–Crippen MR) is 68.2 cm³/mol. The molecule has 0 radical (unpaired) electrons. The van der Waals surface area contributed by atoms with Crippen molar-refractivity contribution in [3.8, 4) is 0 Å². The van der Waals surface area contributed by atoms with Crippen LogP contribution >= 0.6 is 0 Å². The first-order valence-corrected chi connectivity index (χ1v) is 5.87. The summed E-state index contributed by atoms with van der Waals surface area (Å²) in [5.74, 6) is 0. The smallest absolute Gasteiger partial charge is 0.0667 e. The van der Waals surface area contributed by atoms with E-state index in [1.54, 1.807) is 0 Å². The fourth-order valence-corrected chi connectivity index (χ4v) is 1.96. The highest BCUT2D eigenvalue weighted by molar-refractivity contribution is 5.57. The molecule has 1 heterocycles. The van der Waals surface area contributed by atoms with Gasteiger partial charge in [0.25, 0.3) is 0 Å². The minimum Gasteiger partial charge on any atom is -0.380 e. The van der Waals surface area contributed by atoms with E-state index in [4.69, 9.17) is 4.74 Å². The zero-order valence-corrected chi connectivity index (χ0v) is 10.1. The van der Waals surface area contributed by atoms with Crippen LogP contribution in [0.15, 0.2) is 24.3 Å². The molecule has 1 aliphatic heterocycles. The van der Waals surface area contributed by atoms with E-state index >= 15 is 0 Å². The van der Waals surface area contributed by atoms with Crippen molar-refractivity contribution < 1.29 is 4.74 Å². The summed E-state index contributed by atoms with van der Waals surface area (Å²) in [7, 11) is 4.12. The molecule has 88 valence electrons. The molecule has 1 saturated heterocycles. The Morgan fingerprint density at radius 3 is 2.94 bits per heavy atom. The van der Waals surface area contributed by atoms with Crippen molar-refractivity contribution in [3.63, 3.8) is 0 Å². The van der Waals surface area contributed by atoms with Gasteiger partial charge in [-0.05, 0) is 31.0 Å². The van der Waals surface area contributed by atoms with E-state index in [0.717, 1.165) is 19.6 Å². The second-order valence-electron chi connectivity index (χ2n) is 4.50. The first-order valence-electron chi connectivity index (χ1n) is 5.87. The van der Waals surface area contributed by atoms with E-state index in [-0.39, 0.29) is 0 Å². The second-order valence-corrected chi connectivity index (χ2v) is 4.50. The normalized spacial score (nSPS) is 20.5. The molecule has 0 aromatic heterocycles. The Kier molecular flexibility index (Phi) is 3.67. The first-order chi connectivity index (χ1) is 7.75. The maximum atomic E-state index is 5.46. The number of hydrogen-bond acceptors (Lipinski definition) is 3. The summed E-state index contributed by atoms with van der Waals surface area (Å²) in [5, 5.41) is 3.52. The summed E-state index contributed by atoms with van der Waals surface area (Å²) in [6.07, 6.45) is 2.36. The molecule has 0 aliphatic carbocycles. The Morgan fingerprint density at radius 2 is 2.25 bits per heavy atom. The molecule has 0 spiro atoms. The quantitative estimate of drug-likeness (QED) is 0.846. The van der Waals surface area contributed by atoms with Crippen LogP contribution in [0, 0.1) is 0 Å². The molecule has 1 aromatic rings. The van der Waals surface area contributed by atoms with Crippen LogP contribution < -0.4 is 10.2 Å². The fourth-order valence-electron chi connectivity index (χ4n) is 1.96. The molecule has 1 N–H and O–H groups in total. The summed E-state index contributed by atoms with van der Waals surface area (Å²) >= 11 is 0. The van der Waals surface area contributed by atoms with Crippen molar-refractivity contribution in [3.05, 3.63) is 24.3 Å². The Bertz CT molecular complexity index is 332. The third kappa shape index (κ3) is 2.89. The number of hydrogen-bond donors (Lipinski definition) is 1. The van der Waals surface area contributed by atoms with Gasteiger partial charge in [-0.2, -0.15) is 0 Å². The monoisotopic (exact) mass is 220 g/mol. The Labute approximate surface area is 97.4 Å². The summed E-state index contributed by atoms with van der Waals surface area (Å²) < 4.78 is 5.46. The maximum absolute atomic E-state index is 5.46. The minimum atomic E-state index is 0.464. The predicted octanol–water partition coefficient (Wildman–Crippen LogP) is 2.34. The molecule has 16 heavy (non-hydrogen) atoms. The number of nitrogens with zero attached hydrogens (tertiary/aromatic N) is 1. The van der Waals surface area contributed by atoms with Crippen LogP contribution in [0.5, 0.6) is 0 Å². The van der Waals surface area contributed by atoms with Gasteiger partial charge in [0.2, 0.25) is 0 Å². The zero-order chi connectivity index (χ0) is 11.4. The van der Waals surface area contributed by atoms with Gasteiger partial charge in [-0.25, -0.2) is 0 Å². The molecule has 1 unspecified atom stereocenters. The third-order valence-corrected chi connectivity index (χ3v) is 2.89. The van der Waals surface area contributed by atoms with E-state index in [1.165, 1.54) is 17.8 Å². The van der Waals surface area contributed by atoms with Gasteiger partial charge in [-0.15, -0.1) is 0 Å². The number of benzene rings is 1. The summed E-state index contributed by atoms with van der Waals surface area (Å²) in [5.41, 5.74) is 2.41.